The lowest BCUT2D eigenvalue weighted by atomic mass is 10.0. The predicted octanol–water partition coefficient (Wildman–Crippen LogP) is 4.73. The number of unbranched alkanes of at least 4 members (excludes halogenated alkanes) is 1. The fraction of sp³-hybridized carbons (Fsp3) is 0.292. The summed E-state index contributed by atoms with van der Waals surface area (Å²) in [5.74, 6) is 0.841. The van der Waals surface area contributed by atoms with Crippen LogP contribution < -0.4 is 10.6 Å². The third kappa shape index (κ3) is 5.33. The molecule has 0 amide bonds. The fourth-order valence-corrected chi connectivity index (χ4v) is 3.41. The molecule has 0 aliphatic carbocycles. The number of anilines is 3. The van der Waals surface area contributed by atoms with Crippen LogP contribution in [0.2, 0.25) is 0 Å². The molecule has 3 rings (SSSR count). The van der Waals surface area contributed by atoms with Gasteiger partial charge in [-0.15, -0.1) is 0 Å². The van der Waals surface area contributed by atoms with Gasteiger partial charge in [-0.3, -0.25) is 0 Å². The van der Waals surface area contributed by atoms with E-state index in [9.17, 15) is 0 Å². The van der Waals surface area contributed by atoms with E-state index < -0.39 is 0 Å². The predicted molar refractivity (Wildman–Crippen MR) is 119 cm³/mol. The molecule has 4 nitrogen and oxygen atoms in total. The van der Waals surface area contributed by atoms with Gasteiger partial charge in [0.15, 0.2) is 5.82 Å². The van der Waals surface area contributed by atoms with Crippen LogP contribution in [0.4, 0.5) is 17.2 Å². The van der Waals surface area contributed by atoms with Crippen LogP contribution >= 0.6 is 0 Å². The largest absolute Gasteiger partial charge is 0.396 e. The standard InChI is InChI=1S/C24H30N4/c1-27(2)17-8-9-18-28(24-22(25)14-10-16-26-24)23-15-7-6-13-21(23)19-20-11-4-3-5-12-20/h3-7,10-16H,8-9,17-19,25H2,1-2H3. The number of nitrogen functional groups attached to an aromatic ring is 1. The maximum atomic E-state index is 6.30. The Labute approximate surface area is 168 Å². The molecular formula is C24H30N4. The first kappa shape index (κ1) is 19.9. The molecule has 0 fully saturated rings. The second kappa shape index (κ2) is 9.90. The Bertz CT molecular complexity index is 861. The van der Waals surface area contributed by atoms with Crippen molar-refractivity contribution in [3.8, 4) is 0 Å². The minimum Gasteiger partial charge on any atom is -0.396 e. The van der Waals surface area contributed by atoms with Crippen molar-refractivity contribution < 1.29 is 0 Å². The number of para-hydroxylation sites is 1. The lowest BCUT2D eigenvalue weighted by Crippen LogP contribution is -2.23. The van der Waals surface area contributed by atoms with Gasteiger partial charge < -0.3 is 15.5 Å². The number of aromatic nitrogens is 1. The molecule has 0 spiro atoms. The summed E-state index contributed by atoms with van der Waals surface area (Å²) in [7, 11) is 4.23. The molecule has 3 aromatic rings. The number of rotatable bonds is 9. The van der Waals surface area contributed by atoms with E-state index >= 15 is 0 Å². The number of benzene rings is 2. The molecule has 2 N–H and O–H groups in total. The average Bonchev–Trinajstić information content (AvgIpc) is 2.70. The number of pyridine rings is 1. The van der Waals surface area contributed by atoms with Gasteiger partial charge in [0.25, 0.3) is 0 Å². The second-order valence-electron chi connectivity index (χ2n) is 7.37. The van der Waals surface area contributed by atoms with E-state index in [4.69, 9.17) is 5.73 Å². The van der Waals surface area contributed by atoms with E-state index in [1.54, 1.807) is 0 Å². The molecule has 0 unspecified atom stereocenters. The molecule has 2 aromatic carbocycles. The lowest BCUT2D eigenvalue weighted by molar-refractivity contribution is 0.395. The third-order valence-corrected chi connectivity index (χ3v) is 4.83. The molecule has 0 bridgehead atoms. The lowest BCUT2D eigenvalue weighted by Gasteiger charge is -2.27. The monoisotopic (exact) mass is 374 g/mol. The Morgan fingerprint density at radius 3 is 2.29 bits per heavy atom. The molecule has 1 aromatic heterocycles. The van der Waals surface area contributed by atoms with Gasteiger partial charge in [-0.05, 0) is 69.2 Å². The van der Waals surface area contributed by atoms with Gasteiger partial charge in [-0.25, -0.2) is 4.98 Å². The molecule has 0 aliphatic rings. The third-order valence-electron chi connectivity index (χ3n) is 4.83. The topological polar surface area (TPSA) is 45.4 Å². The maximum absolute atomic E-state index is 6.30. The zero-order valence-electron chi connectivity index (χ0n) is 16.9. The molecule has 0 saturated heterocycles. The molecule has 0 atom stereocenters. The van der Waals surface area contributed by atoms with Crippen LogP contribution in [0.1, 0.15) is 24.0 Å². The highest BCUT2D eigenvalue weighted by Crippen LogP contribution is 2.32. The normalized spacial score (nSPS) is 11.0. The van der Waals surface area contributed by atoms with Crippen molar-refractivity contribution in [2.75, 3.05) is 37.8 Å². The Balaban J connectivity index is 1.90. The molecule has 1 heterocycles. The first-order chi connectivity index (χ1) is 13.6. The molecule has 0 aliphatic heterocycles. The summed E-state index contributed by atoms with van der Waals surface area (Å²) in [5, 5.41) is 0. The highest BCUT2D eigenvalue weighted by atomic mass is 15.2. The van der Waals surface area contributed by atoms with Gasteiger partial charge in [0.1, 0.15) is 0 Å². The van der Waals surface area contributed by atoms with Crippen molar-refractivity contribution in [3.05, 3.63) is 84.1 Å². The Morgan fingerprint density at radius 2 is 1.54 bits per heavy atom. The van der Waals surface area contributed by atoms with E-state index in [1.165, 1.54) is 16.8 Å². The summed E-state index contributed by atoms with van der Waals surface area (Å²) in [4.78, 5) is 9.11. The van der Waals surface area contributed by atoms with Crippen LogP contribution in [0.25, 0.3) is 0 Å². The van der Waals surface area contributed by atoms with E-state index in [2.05, 4.69) is 83.5 Å². The minimum absolute atomic E-state index is 0.713. The van der Waals surface area contributed by atoms with Gasteiger partial charge in [-0.1, -0.05) is 48.5 Å². The molecule has 28 heavy (non-hydrogen) atoms. The highest BCUT2D eigenvalue weighted by molar-refractivity contribution is 5.73. The van der Waals surface area contributed by atoms with Gasteiger partial charge in [0.05, 0.1) is 5.69 Å². The molecule has 0 saturated carbocycles. The van der Waals surface area contributed by atoms with Crippen LogP contribution in [0.15, 0.2) is 72.9 Å². The van der Waals surface area contributed by atoms with Gasteiger partial charge in [0, 0.05) is 18.4 Å². The van der Waals surface area contributed by atoms with E-state index in [-0.39, 0.29) is 0 Å². The summed E-state index contributed by atoms with van der Waals surface area (Å²) in [6.45, 7) is 1.97. The van der Waals surface area contributed by atoms with Crippen LogP contribution in [-0.2, 0) is 6.42 Å². The Kier molecular flexibility index (Phi) is 7.04. The van der Waals surface area contributed by atoms with Crippen molar-refractivity contribution >= 4 is 17.2 Å². The van der Waals surface area contributed by atoms with Gasteiger partial charge in [-0.2, -0.15) is 0 Å². The van der Waals surface area contributed by atoms with Gasteiger partial charge in [0.2, 0.25) is 0 Å². The number of hydrogen-bond acceptors (Lipinski definition) is 4. The van der Waals surface area contributed by atoms with Crippen LogP contribution in [0.5, 0.6) is 0 Å². The minimum atomic E-state index is 0.713. The quantitative estimate of drug-likeness (QED) is 0.550. The molecule has 4 heteroatoms. The first-order valence-corrected chi connectivity index (χ1v) is 9.90. The number of nitrogens with two attached hydrogens (primary N) is 1. The summed E-state index contributed by atoms with van der Waals surface area (Å²) in [6.07, 6.45) is 4.92. The summed E-state index contributed by atoms with van der Waals surface area (Å²) >= 11 is 0. The van der Waals surface area contributed by atoms with Crippen molar-refractivity contribution in [2.24, 2.45) is 0 Å². The fourth-order valence-electron chi connectivity index (χ4n) is 3.41. The Morgan fingerprint density at radius 1 is 0.821 bits per heavy atom. The van der Waals surface area contributed by atoms with Crippen LogP contribution in [0.3, 0.4) is 0 Å². The second-order valence-corrected chi connectivity index (χ2v) is 7.37. The zero-order valence-corrected chi connectivity index (χ0v) is 16.9. The van der Waals surface area contributed by atoms with Crippen molar-refractivity contribution in [1.82, 2.24) is 9.88 Å². The Hall–Kier alpha value is -2.85. The molecule has 146 valence electrons. The summed E-state index contributed by atoms with van der Waals surface area (Å²) in [5.41, 5.74) is 10.8. The molecular weight excluding hydrogens is 344 g/mol. The van der Waals surface area contributed by atoms with Crippen LogP contribution in [0, 0.1) is 0 Å². The number of nitrogens with zero attached hydrogens (tertiary/aromatic N) is 3. The van der Waals surface area contributed by atoms with Crippen molar-refractivity contribution in [1.29, 1.82) is 0 Å². The summed E-state index contributed by atoms with van der Waals surface area (Å²) < 4.78 is 0. The van der Waals surface area contributed by atoms with E-state index in [0.29, 0.717) is 5.69 Å². The SMILES string of the molecule is CN(C)CCCCN(c1ccccc1Cc1ccccc1)c1ncccc1N. The first-order valence-electron chi connectivity index (χ1n) is 9.90. The highest BCUT2D eigenvalue weighted by Gasteiger charge is 2.16. The van der Waals surface area contributed by atoms with Crippen molar-refractivity contribution in [3.63, 3.8) is 0 Å². The zero-order chi connectivity index (χ0) is 19.8. The van der Waals surface area contributed by atoms with E-state index in [1.807, 2.05) is 18.3 Å². The van der Waals surface area contributed by atoms with Crippen molar-refractivity contribution in [2.45, 2.75) is 19.3 Å². The average molecular weight is 375 g/mol. The van der Waals surface area contributed by atoms with Gasteiger partial charge >= 0.3 is 0 Å². The maximum Gasteiger partial charge on any atom is 0.156 e. The van der Waals surface area contributed by atoms with Crippen LogP contribution in [-0.4, -0.2) is 37.1 Å². The smallest absolute Gasteiger partial charge is 0.156 e. The molecule has 0 radical (unpaired) electrons. The summed E-state index contributed by atoms with van der Waals surface area (Å²) in [6, 6.07) is 23.0. The number of hydrogen-bond donors (Lipinski definition) is 1. The van der Waals surface area contributed by atoms with E-state index in [0.717, 1.165) is 38.2 Å².